The van der Waals surface area contributed by atoms with Crippen LogP contribution in [0, 0.1) is 0 Å². The number of aromatic hydroxyl groups is 2. The Morgan fingerprint density at radius 1 is 1.18 bits per heavy atom. The lowest BCUT2D eigenvalue weighted by molar-refractivity contribution is 0.402. The quantitative estimate of drug-likeness (QED) is 0.423. The second-order valence-corrected chi connectivity index (χ2v) is 2.03. The van der Waals surface area contributed by atoms with Gasteiger partial charge in [-0.25, -0.2) is 0 Å². The fourth-order valence-corrected chi connectivity index (χ4v) is 0.763. The van der Waals surface area contributed by atoms with Crippen LogP contribution in [-0.2, 0) is 0 Å². The van der Waals surface area contributed by atoms with Crippen molar-refractivity contribution >= 4 is 6.08 Å². The molecule has 1 rings (SSSR count). The zero-order chi connectivity index (χ0) is 8.27. The normalized spacial score (nSPS) is 10.5. The van der Waals surface area contributed by atoms with E-state index >= 15 is 0 Å². The fourth-order valence-electron chi connectivity index (χ4n) is 0.763. The van der Waals surface area contributed by atoms with E-state index in [1.54, 1.807) is 12.1 Å². The minimum Gasteiger partial charge on any atom is -0.516 e. The number of aliphatic hydroxyl groups excluding tert-OH is 1. The van der Waals surface area contributed by atoms with Crippen LogP contribution in [0.2, 0.25) is 0 Å². The van der Waals surface area contributed by atoms with E-state index in [9.17, 15) is 0 Å². The van der Waals surface area contributed by atoms with Crippen molar-refractivity contribution < 1.29 is 15.3 Å². The highest BCUT2D eigenvalue weighted by molar-refractivity contribution is 5.60. The first-order valence-electron chi connectivity index (χ1n) is 3.07. The molecule has 0 radical (unpaired) electrons. The molecule has 3 heteroatoms. The van der Waals surface area contributed by atoms with Gasteiger partial charge in [0.15, 0.2) is 11.5 Å². The van der Waals surface area contributed by atoms with Crippen molar-refractivity contribution in [3.8, 4) is 11.5 Å². The Hall–Kier alpha value is -1.64. The Morgan fingerprint density at radius 2 is 1.91 bits per heavy atom. The minimum absolute atomic E-state index is 0.194. The molecule has 3 nitrogen and oxygen atoms in total. The number of para-hydroxylation sites is 1. The minimum atomic E-state index is -0.224. The van der Waals surface area contributed by atoms with E-state index in [1.807, 2.05) is 0 Å². The summed E-state index contributed by atoms with van der Waals surface area (Å²) in [5.74, 6) is -0.418. The number of phenols is 2. The van der Waals surface area contributed by atoms with Gasteiger partial charge in [-0.3, -0.25) is 0 Å². The molecule has 11 heavy (non-hydrogen) atoms. The number of aliphatic hydroxyl groups is 1. The molecule has 0 aliphatic heterocycles. The highest BCUT2D eigenvalue weighted by Crippen LogP contribution is 2.28. The molecule has 0 fully saturated rings. The SMILES string of the molecule is O/C=C\c1cccc(O)c1O. The summed E-state index contributed by atoms with van der Waals surface area (Å²) in [7, 11) is 0. The molecular formula is C8H8O3. The van der Waals surface area contributed by atoms with E-state index < -0.39 is 0 Å². The van der Waals surface area contributed by atoms with E-state index in [2.05, 4.69) is 0 Å². The highest BCUT2D eigenvalue weighted by Gasteiger charge is 2.00. The van der Waals surface area contributed by atoms with Crippen LogP contribution in [0.4, 0.5) is 0 Å². The largest absolute Gasteiger partial charge is 0.516 e. The van der Waals surface area contributed by atoms with Crippen molar-refractivity contribution in [3.05, 3.63) is 30.0 Å². The third-order valence-electron chi connectivity index (χ3n) is 1.30. The topological polar surface area (TPSA) is 60.7 Å². The van der Waals surface area contributed by atoms with Gasteiger partial charge in [-0.1, -0.05) is 12.1 Å². The van der Waals surface area contributed by atoms with Gasteiger partial charge in [0.1, 0.15) is 0 Å². The van der Waals surface area contributed by atoms with Crippen LogP contribution in [0.15, 0.2) is 24.5 Å². The van der Waals surface area contributed by atoms with Gasteiger partial charge >= 0.3 is 0 Å². The van der Waals surface area contributed by atoms with Crippen LogP contribution >= 0.6 is 0 Å². The van der Waals surface area contributed by atoms with Gasteiger partial charge in [0.25, 0.3) is 0 Å². The molecule has 0 aliphatic carbocycles. The lowest BCUT2D eigenvalue weighted by atomic mass is 10.2. The Balaban J connectivity index is 3.16. The van der Waals surface area contributed by atoms with E-state index in [1.165, 1.54) is 12.1 Å². The zero-order valence-corrected chi connectivity index (χ0v) is 5.73. The molecule has 1 aromatic rings. The standard InChI is InChI=1S/C8H8O3/c9-5-4-6-2-1-3-7(10)8(6)11/h1-5,9-11H/b5-4-. The summed E-state index contributed by atoms with van der Waals surface area (Å²) in [6, 6.07) is 4.51. The van der Waals surface area contributed by atoms with Crippen molar-refractivity contribution in [2.45, 2.75) is 0 Å². The average molecular weight is 152 g/mol. The number of hydrogen-bond donors (Lipinski definition) is 3. The molecule has 58 valence electrons. The van der Waals surface area contributed by atoms with Crippen LogP contribution < -0.4 is 0 Å². The third-order valence-corrected chi connectivity index (χ3v) is 1.30. The van der Waals surface area contributed by atoms with Crippen LogP contribution in [0.5, 0.6) is 11.5 Å². The van der Waals surface area contributed by atoms with Crippen molar-refractivity contribution in [1.29, 1.82) is 0 Å². The van der Waals surface area contributed by atoms with Gasteiger partial charge in [-0.15, -0.1) is 0 Å². The predicted molar refractivity (Wildman–Crippen MR) is 41.4 cm³/mol. The average Bonchev–Trinajstić information content (AvgIpc) is 1.99. The maximum atomic E-state index is 9.12. The van der Waals surface area contributed by atoms with E-state index in [4.69, 9.17) is 15.3 Å². The third kappa shape index (κ3) is 1.43. The predicted octanol–water partition coefficient (Wildman–Crippen LogP) is 1.63. The Kier molecular flexibility index (Phi) is 2.01. The van der Waals surface area contributed by atoms with E-state index in [0.29, 0.717) is 5.56 Å². The summed E-state index contributed by atoms with van der Waals surface area (Å²) >= 11 is 0. The molecule has 0 heterocycles. The van der Waals surface area contributed by atoms with Gasteiger partial charge in [-0.2, -0.15) is 0 Å². The molecule has 0 spiro atoms. The number of hydrogen-bond acceptors (Lipinski definition) is 3. The molecule has 3 N–H and O–H groups in total. The van der Waals surface area contributed by atoms with Crippen LogP contribution in [0.25, 0.3) is 6.08 Å². The first-order valence-corrected chi connectivity index (χ1v) is 3.07. The van der Waals surface area contributed by atoms with E-state index in [0.717, 1.165) is 6.26 Å². The van der Waals surface area contributed by atoms with Crippen molar-refractivity contribution in [2.24, 2.45) is 0 Å². The Labute approximate surface area is 63.9 Å². The van der Waals surface area contributed by atoms with Crippen molar-refractivity contribution in [3.63, 3.8) is 0 Å². The summed E-state index contributed by atoms with van der Waals surface area (Å²) in [4.78, 5) is 0. The molecule has 0 atom stereocenters. The summed E-state index contributed by atoms with van der Waals surface area (Å²) in [5.41, 5.74) is 0.382. The van der Waals surface area contributed by atoms with Crippen LogP contribution in [0.1, 0.15) is 5.56 Å². The molecular weight excluding hydrogens is 144 g/mol. The zero-order valence-electron chi connectivity index (χ0n) is 5.73. The van der Waals surface area contributed by atoms with Gasteiger partial charge in [0.2, 0.25) is 0 Å². The summed E-state index contributed by atoms with van der Waals surface area (Å²) in [6.07, 6.45) is 2.09. The smallest absolute Gasteiger partial charge is 0.164 e. The van der Waals surface area contributed by atoms with Crippen LogP contribution in [-0.4, -0.2) is 15.3 Å². The molecule has 0 unspecified atom stereocenters. The van der Waals surface area contributed by atoms with Gasteiger partial charge in [-0.05, 0) is 12.1 Å². The molecule has 0 aromatic heterocycles. The van der Waals surface area contributed by atoms with Gasteiger partial charge < -0.3 is 15.3 Å². The fraction of sp³-hybridized carbons (Fsp3) is 0. The lowest BCUT2D eigenvalue weighted by Gasteiger charge is -1.99. The summed E-state index contributed by atoms with van der Waals surface area (Å²) in [6.45, 7) is 0. The van der Waals surface area contributed by atoms with Crippen molar-refractivity contribution in [1.82, 2.24) is 0 Å². The number of benzene rings is 1. The summed E-state index contributed by atoms with van der Waals surface area (Å²) < 4.78 is 0. The molecule has 0 bridgehead atoms. The molecule has 0 saturated heterocycles. The second-order valence-electron chi connectivity index (χ2n) is 2.03. The maximum Gasteiger partial charge on any atom is 0.164 e. The number of phenolic OH excluding ortho intramolecular Hbond substituents is 2. The lowest BCUT2D eigenvalue weighted by Crippen LogP contribution is -1.74. The molecule has 0 amide bonds. The van der Waals surface area contributed by atoms with Crippen LogP contribution in [0.3, 0.4) is 0 Å². The Bertz CT molecular complexity index is 279. The van der Waals surface area contributed by atoms with Crippen molar-refractivity contribution in [2.75, 3.05) is 0 Å². The molecule has 0 aliphatic rings. The highest BCUT2D eigenvalue weighted by atomic mass is 16.3. The maximum absolute atomic E-state index is 9.12. The van der Waals surface area contributed by atoms with Gasteiger partial charge in [0.05, 0.1) is 6.26 Å². The second kappa shape index (κ2) is 2.96. The first kappa shape index (κ1) is 7.47. The monoisotopic (exact) mass is 152 g/mol. The number of rotatable bonds is 1. The van der Waals surface area contributed by atoms with E-state index in [-0.39, 0.29) is 11.5 Å². The Morgan fingerprint density at radius 3 is 2.55 bits per heavy atom. The summed E-state index contributed by atoms with van der Waals surface area (Å²) in [5, 5.41) is 26.4. The molecule has 0 saturated carbocycles. The van der Waals surface area contributed by atoms with Gasteiger partial charge in [0, 0.05) is 5.56 Å². The first-order chi connectivity index (χ1) is 5.25. The molecule has 1 aromatic carbocycles.